The minimum atomic E-state index is -4.69. The van der Waals surface area contributed by atoms with Crippen LogP contribution in [-0.4, -0.2) is 21.3 Å². The smallest absolute Gasteiger partial charge is 0.170 e. The summed E-state index contributed by atoms with van der Waals surface area (Å²) in [5.41, 5.74) is 0. The van der Waals surface area contributed by atoms with Gasteiger partial charge in [0.2, 0.25) is 0 Å². The molecule has 0 heterocycles. The van der Waals surface area contributed by atoms with Crippen molar-refractivity contribution in [1.29, 1.82) is 0 Å². The molecule has 0 aliphatic heterocycles. The molecule has 0 aliphatic carbocycles. The normalized spacial score (nSPS) is 13.3. The second kappa shape index (κ2) is 5.56. The van der Waals surface area contributed by atoms with Crippen molar-refractivity contribution in [1.82, 2.24) is 0 Å². The maximum absolute atomic E-state index is 8.60. The van der Waals surface area contributed by atoms with Crippen molar-refractivity contribution in [2.24, 2.45) is 0 Å². The summed E-state index contributed by atoms with van der Waals surface area (Å²) in [5, 5.41) is 0. The standard InChI is InChI=1S/C6H18OSi2.ClHO4/c1-8(2,3)7-9(4,5)6;2-1(3,4)5/h1-6H3;(H,2,3,4,5). The first-order chi connectivity index (χ1) is 5.71. The molecule has 88 valence electrons. The molecule has 0 aromatic heterocycles. The molecule has 14 heavy (non-hydrogen) atoms. The Bertz CT molecular complexity index is 139. The molecule has 0 aromatic carbocycles. The highest BCUT2D eigenvalue weighted by atomic mass is 35.7. The Labute approximate surface area is 89.3 Å². The Balaban J connectivity index is 0. The fraction of sp³-hybridized carbons (Fsp3) is 1.00. The Morgan fingerprint density at radius 3 is 1.00 bits per heavy atom. The minimum absolute atomic E-state index is 1.23. The lowest BCUT2D eigenvalue weighted by atomic mass is 11.8. The molecule has 8 heteroatoms. The van der Waals surface area contributed by atoms with Gasteiger partial charge in [-0.25, -0.2) is 0 Å². The molecule has 0 fully saturated rings. The molecular weight excluding hydrogens is 244 g/mol. The van der Waals surface area contributed by atoms with Gasteiger partial charge in [-0.2, -0.15) is 14.0 Å². The Hall–Kier alpha value is 0.524. The summed E-state index contributed by atoms with van der Waals surface area (Å²) < 4.78 is 38.6. The Morgan fingerprint density at radius 2 is 1.00 bits per heavy atom. The molecule has 0 unspecified atom stereocenters. The van der Waals surface area contributed by atoms with E-state index in [1.54, 1.807) is 0 Å². The van der Waals surface area contributed by atoms with Crippen molar-refractivity contribution in [2.45, 2.75) is 39.3 Å². The first-order valence-electron chi connectivity index (χ1n) is 4.04. The molecule has 0 radical (unpaired) electrons. The van der Waals surface area contributed by atoms with Gasteiger partial charge in [0, 0.05) is 0 Å². The van der Waals surface area contributed by atoms with Gasteiger partial charge in [0.15, 0.2) is 16.6 Å². The summed E-state index contributed by atoms with van der Waals surface area (Å²) in [6.45, 7) is 13.4. The number of hydrogen-bond donors (Lipinski definition) is 1. The Kier molecular flexibility index (Phi) is 6.73. The lowest BCUT2D eigenvalue weighted by Crippen LogP contribution is -2.58. The van der Waals surface area contributed by atoms with E-state index in [0.717, 1.165) is 0 Å². The van der Waals surface area contributed by atoms with E-state index in [4.69, 9.17) is 22.8 Å². The van der Waals surface area contributed by atoms with Gasteiger partial charge in [-0.3, -0.25) is 0 Å². The van der Waals surface area contributed by atoms with Crippen LogP contribution in [0.15, 0.2) is 0 Å². The third kappa shape index (κ3) is 39.1. The van der Waals surface area contributed by atoms with Crippen LogP contribution in [0.1, 0.15) is 0 Å². The minimum Gasteiger partial charge on any atom is -0.456 e. The van der Waals surface area contributed by atoms with Crippen LogP contribution < -0.4 is 14.0 Å². The van der Waals surface area contributed by atoms with Gasteiger partial charge in [-0.05, 0) is 39.3 Å². The highest BCUT2D eigenvalue weighted by Crippen LogP contribution is 2.12. The van der Waals surface area contributed by atoms with Crippen LogP contribution in [-0.2, 0) is 4.12 Å². The van der Waals surface area contributed by atoms with Crippen LogP contribution in [0.25, 0.3) is 0 Å². The van der Waals surface area contributed by atoms with Gasteiger partial charge in [-0.15, -0.1) is 0 Å². The summed E-state index contributed by atoms with van der Waals surface area (Å²) >= 11 is 0. The van der Waals surface area contributed by atoms with E-state index in [1.807, 2.05) is 0 Å². The molecule has 1 N–H and O–H groups in total. The van der Waals surface area contributed by atoms with Crippen LogP contribution in [0, 0.1) is 10.2 Å². The van der Waals surface area contributed by atoms with E-state index in [9.17, 15) is 0 Å². The van der Waals surface area contributed by atoms with Crippen molar-refractivity contribution in [3.05, 3.63) is 0 Å². The largest absolute Gasteiger partial charge is 0.456 e. The average molecular weight is 263 g/mol. The predicted octanol–water partition coefficient (Wildman–Crippen LogP) is -1.45. The third-order valence-corrected chi connectivity index (χ3v) is 5.51. The van der Waals surface area contributed by atoms with Gasteiger partial charge in [0.1, 0.15) is 0 Å². The molecular formula is C6H19ClO5Si2. The fourth-order valence-electron chi connectivity index (χ4n) is 0.919. The van der Waals surface area contributed by atoms with Crippen LogP contribution in [0.2, 0.25) is 39.3 Å². The monoisotopic (exact) mass is 262 g/mol. The highest BCUT2D eigenvalue weighted by Gasteiger charge is 2.24. The van der Waals surface area contributed by atoms with E-state index in [1.165, 1.54) is 0 Å². The van der Waals surface area contributed by atoms with Crippen molar-refractivity contribution in [3.63, 3.8) is 0 Å². The van der Waals surface area contributed by atoms with Crippen molar-refractivity contribution < 1.29 is 33.0 Å². The van der Waals surface area contributed by atoms with E-state index in [0.29, 0.717) is 0 Å². The first kappa shape index (κ1) is 16.9. The molecule has 0 aromatic rings. The number of halogens is 1. The van der Waals surface area contributed by atoms with Gasteiger partial charge < -0.3 is 4.12 Å². The quantitative estimate of drug-likeness (QED) is 0.614. The van der Waals surface area contributed by atoms with Crippen LogP contribution in [0.3, 0.4) is 0 Å². The van der Waals surface area contributed by atoms with Gasteiger partial charge in [-0.1, -0.05) is 0 Å². The zero-order valence-electron chi connectivity index (χ0n) is 9.46. The molecule has 0 atom stereocenters. The lowest BCUT2D eigenvalue weighted by Gasteiger charge is -2.27. The van der Waals surface area contributed by atoms with Crippen LogP contribution in [0.5, 0.6) is 0 Å². The molecule has 0 saturated carbocycles. The van der Waals surface area contributed by atoms with Crippen molar-refractivity contribution in [3.8, 4) is 0 Å². The molecule has 0 amide bonds. The molecule has 0 aliphatic rings. The van der Waals surface area contributed by atoms with Gasteiger partial charge >= 0.3 is 0 Å². The number of hydrogen-bond acceptors (Lipinski definition) is 5. The molecule has 0 spiro atoms. The maximum Gasteiger partial charge on any atom is 0.170 e. The molecule has 0 saturated heterocycles. The van der Waals surface area contributed by atoms with Gasteiger partial charge in [0.05, 0.1) is 14.9 Å². The number of rotatable bonds is 2. The van der Waals surface area contributed by atoms with Crippen molar-refractivity contribution >= 4 is 16.6 Å². The summed E-state index contributed by atoms with van der Waals surface area (Å²) in [6.07, 6.45) is 0. The summed E-state index contributed by atoms with van der Waals surface area (Å²) in [4.78, 5) is 0. The lowest BCUT2D eigenvalue weighted by molar-refractivity contribution is -1.92. The average Bonchev–Trinajstić information content (AvgIpc) is 1.42. The van der Waals surface area contributed by atoms with E-state index < -0.39 is 26.9 Å². The van der Waals surface area contributed by atoms with E-state index >= 15 is 0 Å². The first-order valence-corrected chi connectivity index (χ1v) is 12.1. The second-order valence-corrected chi connectivity index (χ2v) is 14.8. The zero-order valence-corrected chi connectivity index (χ0v) is 12.2. The van der Waals surface area contributed by atoms with Gasteiger partial charge in [0.25, 0.3) is 0 Å². The summed E-state index contributed by atoms with van der Waals surface area (Å²) in [7, 11) is -7.16. The molecule has 5 nitrogen and oxygen atoms in total. The fourth-order valence-corrected chi connectivity index (χ4v) is 8.27. The molecule has 0 bridgehead atoms. The third-order valence-electron chi connectivity index (χ3n) is 0.612. The highest BCUT2D eigenvalue weighted by molar-refractivity contribution is 6.83. The van der Waals surface area contributed by atoms with Crippen molar-refractivity contribution in [2.75, 3.05) is 0 Å². The topological polar surface area (TPSA) is 98.6 Å². The van der Waals surface area contributed by atoms with E-state index in [-0.39, 0.29) is 0 Å². The zero-order chi connectivity index (χ0) is 12.2. The summed E-state index contributed by atoms with van der Waals surface area (Å²) in [6, 6.07) is 0. The molecule has 0 rings (SSSR count). The van der Waals surface area contributed by atoms with Crippen LogP contribution >= 0.6 is 0 Å². The van der Waals surface area contributed by atoms with Crippen LogP contribution in [0.4, 0.5) is 0 Å². The SMILES string of the molecule is C[Si](C)(C)O[Si](C)(C)C.[O-][Cl+3]([O-])([O-])O. The van der Waals surface area contributed by atoms with E-state index in [2.05, 4.69) is 39.3 Å². The second-order valence-electron chi connectivity index (χ2n) is 4.72. The maximum atomic E-state index is 8.60. The predicted molar refractivity (Wildman–Crippen MR) is 50.0 cm³/mol. The Morgan fingerprint density at radius 1 is 0.857 bits per heavy atom. The summed E-state index contributed by atoms with van der Waals surface area (Å²) in [5.74, 6) is 0.